The van der Waals surface area contributed by atoms with Crippen molar-refractivity contribution in [3.05, 3.63) is 0 Å². The summed E-state index contributed by atoms with van der Waals surface area (Å²) in [7, 11) is 0. The summed E-state index contributed by atoms with van der Waals surface area (Å²) in [6, 6.07) is 0. The maximum absolute atomic E-state index is 6.32. The lowest BCUT2D eigenvalue weighted by Gasteiger charge is -2.35. The molecule has 1 saturated carbocycles. The minimum atomic E-state index is -0.0312. The molecule has 3 heteroatoms. The van der Waals surface area contributed by atoms with E-state index in [9.17, 15) is 0 Å². The summed E-state index contributed by atoms with van der Waals surface area (Å²) in [5.74, 6) is 0. The Morgan fingerprint density at radius 2 is 1.80 bits per heavy atom. The smallest absolute Gasteiger partial charge is 0.0649 e. The van der Waals surface area contributed by atoms with E-state index in [1.165, 1.54) is 19.3 Å². The second kappa shape index (κ2) is 5.28. The first-order valence-electron chi connectivity index (χ1n) is 6.27. The van der Waals surface area contributed by atoms with Crippen LogP contribution in [0.5, 0.6) is 0 Å². The van der Waals surface area contributed by atoms with E-state index in [0.717, 1.165) is 45.5 Å². The third-order valence-electron chi connectivity index (χ3n) is 3.62. The minimum absolute atomic E-state index is 0.0312. The third kappa shape index (κ3) is 3.44. The van der Waals surface area contributed by atoms with Gasteiger partial charge in [0.05, 0.1) is 12.7 Å². The average molecular weight is 213 g/mol. The van der Waals surface area contributed by atoms with Crippen molar-refractivity contribution in [2.24, 2.45) is 5.73 Å². The van der Waals surface area contributed by atoms with Gasteiger partial charge in [0, 0.05) is 18.8 Å². The van der Waals surface area contributed by atoms with Crippen molar-refractivity contribution in [3.8, 4) is 0 Å². The van der Waals surface area contributed by atoms with E-state index in [0.29, 0.717) is 6.10 Å². The number of hydrogen-bond donors (Lipinski definition) is 1. The monoisotopic (exact) mass is 213 g/mol. The SMILES string of the molecule is NC1(COC2CCOCC2)CCCCC1. The summed E-state index contributed by atoms with van der Waals surface area (Å²) in [6.07, 6.45) is 8.62. The van der Waals surface area contributed by atoms with Gasteiger partial charge in [-0.05, 0) is 25.7 Å². The van der Waals surface area contributed by atoms with E-state index >= 15 is 0 Å². The van der Waals surface area contributed by atoms with Gasteiger partial charge in [0.25, 0.3) is 0 Å². The molecule has 0 unspecified atom stereocenters. The van der Waals surface area contributed by atoms with Crippen LogP contribution in [0.3, 0.4) is 0 Å². The van der Waals surface area contributed by atoms with Gasteiger partial charge in [-0.3, -0.25) is 0 Å². The van der Waals surface area contributed by atoms with E-state index < -0.39 is 0 Å². The van der Waals surface area contributed by atoms with E-state index in [-0.39, 0.29) is 5.54 Å². The van der Waals surface area contributed by atoms with Gasteiger partial charge in [-0.2, -0.15) is 0 Å². The standard InChI is InChI=1S/C12H23NO2/c13-12(6-2-1-3-7-12)10-15-11-4-8-14-9-5-11/h11H,1-10,13H2. The zero-order chi connectivity index (χ0) is 10.6. The number of nitrogens with two attached hydrogens (primary N) is 1. The van der Waals surface area contributed by atoms with E-state index in [4.69, 9.17) is 15.2 Å². The van der Waals surface area contributed by atoms with Crippen LogP contribution < -0.4 is 5.73 Å². The molecule has 0 radical (unpaired) electrons. The molecule has 2 N–H and O–H groups in total. The molecule has 1 aliphatic carbocycles. The summed E-state index contributed by atoms with van der Waals surface area (Å²) in [5, 5.41) is 0. The molecule has 0 amide bonds. The fourth-order valence-electron chi connectivity index (χ4n) is 2.53. The maximum Gasteiger partial charge on any atom is 0.0649 e. The van der Waals surface area contributed by atoms with Gasteiger partial charge in [0.15, 0.2) is 0 Å². The topological polar surface area (TPSA) is 44.5 Å². The van der Waals surface area contributed by atoms with Crippen LogP contribution in [0.25, 0.3) is 0 Å². The summed E-state index contributed by atoms with van der Waals surface area (Å²) in [5.41, 5.74) is 6.29. The Bertz CT molecular complexity index is 184. The maximum atomic E-state index is 6.32. The van der Waals surface area contributed by atoms with E-state index in [1.54, 1.807) is 0 Å². The molecule has 2 fully saturated rings. The Morgan fingerprint density at radius 3 is 2.47 bits per heavy atom. The predicted octanol–water partition coefficient (Wildman–Crippen LogP) is 1.84. The van der Waals surface area contributed by atoms with Crippen LogP contribution in [0, 0.1) is 0 Å². The number of ether oxygens (including phenoxy) is 2. The Morgan fingerprint density at radius 1 is 1.13 bits per heavy atom. The molecule has 3 nitrogen and oxygen atoms in total. The number of hydrogen-bond acceptors (Lipinski definition) is 3. The normalized spacial score (nSPS) is 27.8. The van der Waals surface area contributed by atoms with Crippen LogP contribution in [0.1, 0.15) is 44.9 Å². The summed E-state index contributed by atoms with van der Waals surface area (Å²) >= 11 is 0. The fourth-order valence-corrected chi connectivity index (χ4v) is 2.53. The molecular formula is C12H23NO2. The lowest BCUT2D eigenvalue weighted by atomic mass is 9.83. The van der Waals surface area contributed by atoms with Gasteiger partial charge >= 0.3 is 0 Å². The first-order chi connectivity index (χ1) is 7.29. The highest BCUT2D eigenvalue weighted by Gasteiger charge is 2.29. The van der Waals surface area contributed by atoms with Crippen molar-refractivity contribution < 1.29 is 9.47 Å². The van der Waals surface area contributed by atoms with Crippen LogP contribution >= 0.6 is 0 Å². The van der Waals surface area contributed by atoms with Crippen molar-refractivity contribution in [3.63, 3.8) is 0 Å². The van der Waals surface area contributed by atoms with Gasteiger partial charge in [0.2, 0.25) is 0 Å². The molecular weight excluding hydrogens is 190 g/mol. The Kier molecular flexibility index (Phi) is 4.00. The van der Waals surface area contributed by atoms with Gasteiger partial charge in [-0.1, -0.05) is 19.3 Å². The molecule has 0 atom stereocenters. The number of rotatable bonds is 3. The van der Waals surface area contributed by atoms with Gasteiger partial charge in [0.1, 0.15) is 0 Å². The Balaban J connectivity index is 1.70. The van der Waals surface area contributed by atoms with Crippen molar-refractivity contribution >= 4 is 0 Å². The van der Waals surface area contributed by atoms with Crippen LogP contribution in [0.4, 0.5) is 0 Å². The van der Waals surface area contributed by atoms with Crippen LogP contribution in [0.2, 0.25) is 0 Å². The quantitative estimate of drug-likeness (QED) is 0.778. The van der Waals surface area contributed by atoms with Gasteiger partial charge in [-0.15, -0.1) is 0 Å². The molecule has 1 aliphatic heterocycles. The summed E-state index contributed by atoms with van der Waals surface area (Å²) in [4.78, 5) is 0. The van der Waals surface area contributed by atoms with Crippen molar-refractivity contribution in [1.82, 2.24) is 0 Å². The second-order valence-electron chi connectivity index (χ2n) is 5.05. The lowest BCUT2D eigenvalue weighted by Crippen LogP contribution is -2.47. The van der Waals surface area contributed by atoms with Crippen molar-refractivity contribution in [2.45, 2.75) is 56.6 Å². The summed E-state index contributed by atoms with van der Waals surface area (Å²) < 4.78 is 11.2. The molecule has 1 saturated heterocycles. The summed E-state index contributed by atoms with van der Waals surface area (Å²) in [6.45, 7) is 2.45. The molecule has 0 bridgehead atoms. The van der Waals surface area contributed by atoms with Crippen molar-refractivity contribution in [2.75, 3.05) is 19.8 Å². The molecule has 0 aromatic carbocycles. The molecule has 88 valence electrons. The Labute approximate surface area is 92.3 Å². The third-order valence-corrected chi connectivity index (χ3v) is 3.62. The van der Waals surface area contributed by atoms with E-state index in [2.05, 4.69) is 0 Å². The predicted molar refractivity (Wildman–Crippen MR) is 59.8 cm³/mol. The highest BCUT2D eigenvalue weighted by molar-refractivity contribution is 4.87. The lowest BCUT2D eigenvalue weighted by molar-refractivity contribution is -0.0511. The molecule has 2 aliphatic rings. The zero-order valence-corrected chi connectivity index (χ0v) is 9.54. The molecule has 2 rings (SSSR count). The van der Waals surface area contributed by atoms with Crippen LogP contribution in [-0.2, 0) is 9.47 Å². The first kappa shape index (κ1) is 11.4. The largest absolute Gasteiger partial charge is 0.381 e. The van der Waals surface area contributed by atoms with Crippen LogP contribution in [0.15, 0.2) is 0 Å². The average Bonchev–Trinajstić information content (AvgIpc) is 2.29. The van der Waals surface area contributed by atoms with Crippen LogP contribution in [-0.4, -0.2) is 31.5 Å². The minimum Gasteiger partial charge on any atom is -0.381 e. The zero-order valence-electron chi connectivity index (χ0n) is 9.54. The first-order valence-corrected chi connectivity index (χ1v) is 6.27. The van der Waals surface area contributed by atoms with Crippen molar-refractivity contribution in [1.29, 1.82) is 0 Å². The molecule has 0 aromatic rings. The molecule has 1 heterocycles. The van der Waals surface area contributed by atoms with Gasteiger partial charge < -0.3 is 15.2 Å². The Hall–Kier alpha value is -0.120. The second-order valence-corrected chi connectivity index (χ2v) is 5.05. The molecule has 0 spiro atoms. The van der Waals surface area contributed by atoms with Gasteiger partial charge in [-0.25, -0.2) is 0 Å². The molecule has 0 aromatic heterocycles. The highest BCUT2D eigenvalue weighted by Crippen LogP contribution is 2.27. The van der Waals surface area contributed by atoms with E-state index in [1.807, 2.05) is 0 Å². The highest BCUT2D eigenvalue weighted by atomic mass is 16.5. The molecule has 15 heavy (non-hydrogen) atoms. The fraction of sp³-hybridized carbons (Fsp3) is 1.00.